The zero-order chi connectivity index (χ0) is 13.6. The number of hydrogen-bond donors (Lipinski definition) is 4. The van der Waals surface area contributed by atoms with E-state index in [1.165, 1.54) is 0 Å². The predicted molar refractivity (Wildman–Crippen MR) is 64.4 cm³/mol. The van der Waals surface area contributed by atoms with E-state index in [1.54, 1.807) is 0 Å². The van der Waals surface area contributed by atoms with Gasteiger partial charge in [-0.1, -0.05) is 0 Å². The van der Waals surface area contributed by atoms with Crippen LogP contribution in [0.15, 0.2) is 0 Å². The van der Waals surface area contributed by atoms with E-state index in [2.05, 4.69) is 0 Å². The highest BCUT2D eigenvalue weighted by Gasteiger charge is 2.23. The van der Waals surface area contributed by atoms with Crippen molar-refractivity contribution < 1.29 is 28.6 Å². The van der Waals surface area contributed by atoms with Crippen LogP contribution < -0.4 is 0 Å². The van der Waals surface area contributed by atoms with E-state index in [4.69, 9.17) is 23.7 Å². The van der Waals surface area contributed by atoms with Gasteiger partial charge in [-0.25, -0.2) is 0 Å². The van der Waals surface area contributed by atoms with Crippen LogP contribution in [0.3, 0.4) is 0 Å². The summed E-state index contributed by atoms with van der Waals surface area (Å²) in [6.07, 6.45) is 0. The third-order valence-corrected chi connectivity index (χ3v) is 2.11. The first-order chi connectivity index (χ1) is 6.83. The molecule has 0 heterocycles. The van der Waals surface area contributed by atoms with E-state index in [0.717, 1.165) is 0 Å². The molecule has 0 aliphatic rings. The second-order valence-electron chi connectivity index (χ2n) is 4.91. The lowest BCUT2D eigenvalue weighted by Crippen LogP contribution is -2.21. The van der Waals surface area contributed by atoms with Gasteiger partial charge in [-0.2, -0.15) is 0 Å². The van der Waals surface area contributed by atoms with Crippen molar-refractivity contribution >= 4 is 17.2 Å². The molecule has 6 nitrogen and oxygen atoms in total. The highest BCUT2D eigenvalue weighted by atomic mass is 31.2. The fraction of sp³-hybridized carbons (Fsp3) is 1.00. The summed E-state index contributed by atoms with van der Waals surface area (Å²) in [6.45, 7) is 11.3. The molecule has 0 saturated heterocycles. The highest BCUT2D eigenvalue weighted by Crippen LogP contribution is 2.41. The van der Waals surface area contributed by atoms with Crippen molar-refractivity contribution in [3.8, 4) is 0 Å². The van der Waals surface area contributed by atoms with E-state index in [-0.39, 0.29) is 11.2 Å². The van der Waals surface area contributed by atoms with Gasteiger partial charge in [0.05, 0.1) is 11.2 Å². The minimum atomic E-state index is -2.62. The smallest absolute Gasteiger partial charge is 0.328 e. The molecular formula is C8H22O6P2. The second-order valence-corrected chi connectivity index (χ2v) is 6.29. The predicted octanol–water partition coefficient (Wildman–Crippen LogP) is 2.03. The molecule has 4 N–H and O–H groups in total. The van der Waals surface area contributed by atoms with Crippen molar-refractivity contribution in [3.63, 3.8) is 0 Å². The molecule has 0 unspecified atom stereocenters. The lowest BCUT2D eigenvalue weighted by atomic mass is 10.2. The first-order valence-corrected chi connectivity index (χ1v) is 6.90. The summed E-state index contributed by atoms with van der Waals surface area (Å²) in [5, 5.41) is 0. The Labute approximate surface area is 99.2 Å². The maximum atomic E-state index is 9.34. The molecule has 0 spiro atoms. The molecule has 0 radical (unpaired) electrons. The van der Waals surface area contributed by atoms with Crippen LogP contribution in [0.4, 0.5) is 0 Å². The van der Waals surface area contributed by atoms with Crippen LogP contribution in [0.25, 0.3) is 0 Å². The van der Waals surface area contributed by atoms with Crippen molar-refractivity contribution in [2.45, 2.75) is 52.7 Å². The zero-order valence-corrected chi connectivity index (χ0v) is 12.3. The molecule has 0 aromatic heterocycles. The maximum Gasteiger partial charge on any atom is 0.330 e. The van der Waals surface area contributed by atoms with E-state index in [9.17, 15) is 4.89 Å². The molecule has 0 aliphatic heterocycles. The SMILES string of the molecule is CC(C)(C)OP(O)OC(C)(C)C.OP(O)O. The van der Waals surface area contributed by atoms with Gasteiger partial charge in [0, 0.05) is 0 Å². The second kappa shape index (κ2) is 7.85. The minimum absolute atomic E-state index is 0.355. The molecule has 16 heavy (non-hydrogen) atoms. The maximum absolute atomic E-state index is 9.34. The van der Waals surface area contributed by atoms with Crippen LogP contribution >= 0.6 is 17.2 Å². The van der Waals surface area contributed by atoms with Gasteiger partial charge >= 0.3 is 17.2 Å². The molecule has 100 valence electrons. The summed E-state index contributed by atoms with van der Waals surface area (Å²) < 4.78 is 10.4. The monoisotopic (exact) mass is 276 g/mol. The summed E-state index contributed by atoms with van der Waals surface area (Å²) in [5.74, 6) is 0. The van der Waals surface area contributed by atoms with Crippen LogP contribution in [0.1, 0.15) is 41.5 Å². The lowest BCUT2D eigenvalue weighted by molar-refractivity contribution is 0.0473. The zero-order valence-electron chi connectivity index (χ0n) is 10.5. The molecule has 0 bridgehead atoms. The largest absolute Gasteiger partial charge is 0.330 e. The first kappa shape index (κ1) is 19.0. The van der Waals surface area contributed by atoms with Gasteiger partial charge in [-0.3, -0.25) is 0 Å². The average molecular weight is 276 g/mol. The number of rotatable bonds is 2. The van der Waals surface area contributed by atoms with Crippen molar-refractivity contribution in [2.24, 2.45) is 0 Å². The Morgan fingerprint density at radius 1 is 0.688 bits per heavy atom. The summed E-state index contributed by atoms with van der Waals surface area (Å²) in [7, 11) is -4.38. The molecule has 0 amide bonds. The minimum Gasteiger partial charge on any atom is -0.328 e. The summed E-state index contributed by atoms with van der Waals surface area (Å²) in [4.78, 5) is 31.0. The van der Waals surface area contributed by atoms with E-state index in [0.29, 0.717) is 0 Å². The normalized spacial score (nSPS) is 12.8. The van der Waals surface area contributed by atoms with Crippen LogP contribution in [-0.4, -0.2) is 30.8 Å². The molecule has 0 aromatic rings. The van der Waals surface area contributed by atoms with Crippen molar-refractivity contribution in [1.29, 1.82) is 0 Å². The molecular weight excluding hydrogens is 254 g/mol. The standard InChI is InChI=1S/C8H19O3P.H3O3P/c1-7(2,3)10-12(9)11-8(4,5)6;1-4(2)3/h9H,1-6H3;1-3H. The summed E-state index contributed by atoms with van der Waals surface area (Å²) in [6, 6.07) is 0. The van der Waals surface area contributed by atoms with Gasteiger partial charge in [0.25, 0.3) is 0 Å². The van der Waals surface area contributed by atoms with Gasteiger partial charge < -0.3 is 28.6 Å². The molecule has 0 rings (SSSR count). The Balaban J connectivity index is 0. The van der Waals surface area contributed by atoms with Crippen molar-refractivity contribution in [2.75, 3.05) is 0 Å². The Morgan fingerprint density at radius 2 is 0.875 bits per heavy atom. The summed E-state index contributed by atoms with van der Waals surface area (Å²) >= 11 is 0. The molecule has 0 aromatic carbocycles. The molecule has 0 atom stereocenters. The molecule has 0 fully saturated rings. The summed E-state index contributed by atoms with van der Waals surface area (Å²) in [5.41, 5.74) is -0.711. The van der Waals surface area contributed by atoms with Crippen molar-refractivity contribution in [1.82, 2.24) is 0 Å². The molecule has 8 heteroatoms. The van der Waals surface area contributed by atoms with E-state index >= 15 is 0 Å². The van der Waals surface area contributed by atoms with Crippen LogP contribution in [0, 0.1) is 0 Å². The number of hydrogen-bond acceptors (Lipinski definition) is 6. The molecule has 0 saturated carbocycles. The third-order valence-electron chi connectivity index (χ3n) is 0.704. The quantitative estimate of drug-likeness (QED) is 0.576. The van der Waals surface area contributed by atoms with Gasteiger partial charge in [-0.05, 0) is 41.5 Å². The van der Waals surface area contributed by atoms with Crippen LogP contribution in [-0.2, 0) is 9.05 Å². The average Bonchev–Trinajstić information content (AvgIpc) is 1.72. The lowest BCUT2D eigenvalue weighted by Gasteiger charge is -2.27. The van der Waals surface area contributed by atoms with Crippen LogP contribution in [0.2, 0.25) is 0 Å². The Kier molecular flexibility index (Phi) is 9.31. The van der Waals surface area contributed by atoms with Gasteiger partial charge in [0.15, 0.2) is 0 Å². The Hall–Kier alpha value is 0.620. The van der Waals surface area contributed by atoms with E-state index in [1.807, 2.05) is 41.5 Å². The van der Waals surface area contributed by atoms with E-state index < -0.39 is 17.2 Å². The molecule has 0 aliphatic carbocycles. The Morgan fingerprint density at radius 3 is 1.00 bits per heavy atom. The Bertz CT molecular complexity index is 156. The van der Waals surface area contributed by atoms with Gasteiger partial charge in [-0.15, -0.1) is 0 Å². The third kappa shape index (κ3) is 24.0. The van der Waals surface area contributed by atoms with Crippen LogP contribution in [0.5, 0.6) is 0 Å². The fourth-order valence-electron chi connectivity index (χ4n) is 0.487. The topological polar surface area (TPSA) is 99.4 Å². The van der Waals surface area contributed by atoms with Crippen molar-refractivity contribution in [3.05, 3.63) is 0 Å². The van der Waals surface area contributed by atoms with Gasteiger partial charge in [0.2, 0.25) is 0 Å². The highest BCUT2D eigenvalue weighted by molar-refractivity contribution is 7.40. The van der Waals surface area contributed by atoms with Gasteiger partial charge in [0.1, 0.15) is 0 Å². The fourth-order valence-corrected chi connectivity index (χ4v) is 1.46. The first-order valence-electron chi connectivity index (χ1n) is 4.57.